The maximum Gasteiger partial charge on any atom is 0.500 e. The molecule has 0 radical (unpaired) electrons. The van der Waals surface area contributed by atoms with Crippen LogP contribution in [-0.4, -0.2) is 53.6 Å². The lowest BCUT2D eigenvalue weighted by molar-refractivity contribution is -0.331. The first kappa shape index (κ1) is 20.4. The average molecular weight is 370 g/mol. The van der Waals surface area contributed by atoms with E-state index in [-0.39, 0.29) is 18.5 Å². The molecule has 0 saturated carbocycles. The molecule has 1 atom stereocenters. The predicted octanol–water partition coefficient (Wildman–Crippen LogP) is 3.83. The summed E-state index contributed by atoms with van der Waals surface area (Å²) in [6, 6.07) is -0.145. The highest BCUT2D eigenvalue weighted by atomic mass is 28.4. The van der Waals surface area contributed by atoms with Gasteiger partial charge in [0, 0.05) is 27.4 Å². The highest BCUT2D eigenvalue weighted by Gasteiger charge is 2.80. The van der Waals surface area contributed by atoms with Gasteiger partial charge < -0.3 is 13.3 Å². The van der Waals surface area contributed by atoms with Crippen LogP contribution >= 0.6 is 0 Å². The number of hydrogen-bond acceptors (Lipinski definition) is 3. The van der Waals surface area contributed by atoms with Crippen LogP contribution < -0.4 is 0 Å². The van der Waals surface area contributed by atoms with Gasteiger partial charge in [-0.25, -0.2) is 4.39 Å². The summed E-state index contributed by atoms with van der Waals surface area (Å²) >= 11 is 0. The summed E-state index contributed by atoms with van der Waals surface area (Å²) in [6.07, 6.45) is -2.22. The molecule has 0 fully saturated rings. The van der Waals surface area contributed by atoms with E-state index in [9.17, 15) is 30.7 Å². The zero-order valence-corrected chi connectivity index (χ0v) is 13.6. The lowest BCUT2D eigenvalue weighted by Gasteiger charge is -2.42. The smallest absolute Gasteiger partial charge is 0.377 e. The van der Waals surface area contributed by atoms with E-state index in [1.807, 2.05) is 0 Å². The number of rotatable bonds is 7. The fourth-order valence-corrected chi connectivity index (χ4v) is 4.00. The zero-order valence-electron chi connectivity index (χ0n) is 12.6. The maximum absolute atomic E-state index is 14.3. The topological polar surface area (TPSA) is 27.7 Å². The van der Waals surface area contributed by atoms with Gasteiger partial charge in [0.05, 0.1) is 0 Å². The molecule has 0 aromatic rings. The first-order valence-electron chi connectivity index (χ1n) is 6.53. The first-order chi connectivity index (χ1) is 10.3. The van der Waals surface area contributed by atoms with Crippen molar-refractivity contribution in [3.8, 4) is 0 Å². The summed E-state index contributed by atoms with van der Waals surface area (Å²) in [7, 11) is 0.475. The van der Waals surface area contributed by atoms with Crippen molar-refractivity contribution >= 4 is 8.80 Å². The van der Waals surface area contributed by atoms with Gasteiger partial charge in [0.2, 0.25) is 0 Å². The third-order valence-corrected chi connectivity index (χ3v) is 6.68. The third kappa shape index (κ3) is 3.15. The molecule has 1 unspecified atom stereocenters. The van der Waals surface area contributed by atoms with Crippen molar-refractivity contribution in [2.75, 3.05) is 21.3 Å². The highest BCUT2D eigenvalue weighted by Crippen LogP contribution is 2.57. The van der Waals surface area contributed by atoms with Crippen LogP contribution in [0.25, 0.3) is 0 Å². The minimum absolute atomic E-state index is 0.145. The van der Waals surface area contributed by atoms with E-state index in [1.165, 1.54) is 21.3 Å². The van der Waals surface area contributed by atoms with E-state index >= 15 is 0 Å². The Morgan fingerprint density at radius 1 is 0.783 bits per heavy atom. The van der Waals surface area contributed by atoms with Crippen molar-refractivity contribution in [1.82, 2.24) is 0 Å². The lowest BCUT2D eigenvalue weighted by atomic mass is 9.81. The fraction of sp³-hybridized carbons (Fsp3) is 0.833. The second-order valence-corrected chi connectivity index (χ2v) is 8.21. The molecule has 3 nitrogen and oxygen atoms in total. The number of hydrogen-bond donors (Lipinski definition) is 0. The predicted molar refractivity (Wildman–Crippen MR) is 68.6 cm³/mol. The van der Waals surface area contributed by atoms with Gasteiger partial charge in [-0.05, 0) is 25.0 Å². The van der Waals surface area contributed by atoms with Crippen LogP contribution in [0.2, 0.25) is 6.04 Å². The van der Waals surface area contributed by atoms with Crippen molar-refractivity contribution in [2.45, 2.75) is 42.3 Å². The molecule has 0 saturated heterocycles. The molecule has 0 heterocycles. The Morgan fingerprint density at radius 3 is 1.70 bits per heavy atom. The summed E-state index contributed by atoms with van der Waals surface area (Å²) in [4.78, 5) is 0. The third-order valence-electron chi connectivity index (χ3n) is 3.85. The van der Waals surface area contributed by atoms with Crippen molar-refractivity contribution in [3.63, 3.8) is 0 Å². The van der Waals surface area contributed by atoms with Crippen LogP contribution in [0.5, 0.6) is 0 Å². The molecule has 0 aliphatic heterocycles. The molecule has 23 heavy (non-hydrogen) atoms. The van der Waals surface area contributed by atoms with Crippen LogP contribution in [0.4, 0.5) is 30.7 Å². The van der Waals surface area contributed by atoms with Gasteiger partial charge in [0.15, 0.2) is 5.67 Å². The Bertz CT molecular complexity index is 446. The summed E-state index contributed by atoms with van der Waals surface area (Å²) in [6.45, 7) is 0. The van der Waals surface area contributed by atoms with Gasteiger partial charge in [-0.15, -0.1) is 0 Å². The van der Waals surface area contributed by atoms with Crippen LogP contribution in [-0.2, 0) is 13.3 Å². The largest absolute Gasteiger partial charge is 0.500 e. The molecule has 0 N–H and O–H groups in total. The van der Waals surface area contributed by atoms with Crippen LogP contribution in [0.15, 0.2) is 12.2 Å². The molecular weight excluding hydrogens is 353 g/mol. The minimum atomic E-state index is -5.83. The molecule has 136 valence electrons. The van der Waals surface area contributed by atoms with Gasteiger partial charge in [0.25, 0.3) is 0 Å². The van der Waals surface area contributed by atoms with Gasteiger partial charge in [0.1, 0.15) is 0 Å². The fourth-order valence-electron chi connectivity index (χ4n) is 2.28. The SMILES string of the molecule is CO[Si](CCCC1(F)C=CC(F)(F)C(F)(F)C1(F)F)(OC)OC. The Hall–Kier alpha value is -0.653. The van der Waals surface area contributed by atoms with Gasteiger partial charge in [-0.2, -0.15) is 26.3 Å². The van der Waals surface area contributed by atoms with Gasteiger partial charge in [-0.1, -0.05) is 0 Å². The average Bonchev–Trinajstić information content (AvgIpc) is 2.48. The molecule has 1 aliphatic carbocycles. The quantitative estimate of drug-likeness (QED) is 0.387. The van der Waals surface area contributed by atoms with Gasteiger partial charge >= 0.3 is 26.6 Å². The van der Waals surface area contributed by atoms with Crippen LogP contribution in [0.1, 0.15) is 12.8 Å². The van der Waals surface area contributed by atoms with E-state index < -0.39 is 44.7 Å². The monoisotopic (exact) mass is 370 g/mol. The lowest BCUT2D eigenvalue weighted by Crippen LogP contribution is -2.65. The van der Waals surface area contributed by atoms with Gasteiger partial charge in [-0.3, -0.25) is 0 Å². The van der Waals surface area contributed by atoms with Crippen molar-refractivity contribution in [1.29, 1.82) is 0 Å². The Morgan fingerprint density at radius 2 is 1.26 bits per heavy atom. The summed E-state index contributed by atoms with van der Waals surface area (Å²) in [5.41, 5.74) is -3.91. The summed E-state index contributed by atoms with van der Waals surface area (Å²) < 4.78 is 109. The Balaban J connectivity index is 2.95. The molecule has 0 aromatic carbocycles. The standard InChI is InChI=1S/C12H17F7O3Si/c1-20-23(21-2,22-3)8-4-5-9(13)6-7-10(14,15)12(18,19)11(9,16)17/h6-7H,4-5,8H2,1-3H3. The molecular formula is C12H17F7O3Si. The van der Waals surface area contributed by atoms with E-state index in [4.69, 9.17) is 13.3 Å². The molecule has 0 amide bonds. The number of halogens is 7. The molecule has 0 bridgehead atoms. The second-order valence-electron chi connectivity index (χ2n) is 5.12. The van der Waals surface area contributed by atoms with E-state index in [0.717, 1.165) is 0 Å². The van der Waals surface area contributed by atoms with Crippen LogP contribution in [0.3, 0.4) is 0 Å². The maximum atomic E-state index is 14.3. The summed E-state index contributed by atoms with van der Waals surface area (Å²) in [5.74, 6) is -16.5. The molecule has 1 rings (SSSR count). The van der Waals surface area contributed by atoms with Crippen molar-refractivity contribution in [2.24, 2.45) is 0 Å². The minimum Gasteiger partial charge on any atom is -0.377 e. The summed E-state index contributed by atoms with van der Waals surface area (Å²) in [5, 5.41) is 0. The van der Waals surface area contributed by atoms with Crippen molar-refractivity contribution in [3.05, 3.63) is 12.2 Å². The molecule has 0 spiro atoms. The van der Waals surface area contributed by atoms with E-state index in [2.05, 4.69) is 0 Å². The highest BCUT2D eigenvalue weighted by molar-refractivity contribution is 6.60. The molecule has 1 aliphatic rings. The zero-order chi connectivity index (χ0) is 18.2. The number of allylic oxidation sites excluding steroid dienone is 2. The van der Waals surface area contributed by atoms with Crippen LogP contribution in [0, 0.1) is 0 Å². The first-order valence-corrected chi connectivity index (χ1v) is 8.46. The van der Waals surface area contributed by atoms with E-state index in [1.54, 1.807) is 0 Å². The second kappa shape index (κ2) is 6.34. The molecule has 0 aromatic heterocycles. The normalized spacial score (nSPS) is 28.8. The Kier molecular flexibility index (Phi) is 5.62. The molecule has 11 heteroatoms. The van der Waals surface area contributed by atoms with Crippen molar-refractivity contribution < 1.29 is 44.0 Å². The van der Waals surface area contributed by atoms with E-state index in [0.29, 0.717) is 0 Å². The Labute approximate surface area is 129 Å². The number of alkyl halides is 7.